The van der Waals surface area contributed by atoms with Crippen LogP contribution in [0.3, 0.4) is 0 Å². The zero-order chi connectivity index (χ0) is 16.4. The van der Waals surface area contributed by atoms with Crippen LogP contribution in [0.2, 0.25) is 4.55 Å². The lowest BCUT2D eigenvalue weighted by Crippen LogP contribution is -2.12. The molecule has 0 aliphatic rings. The number of halogens is 1. The second kappa shape index (κ2) is 19.8. The highest BCUT2D eigenvalue weighted by atomic mass is 79.9. The molecule has 1 aromatic rings. The van der Waals surface area contributed by atoms with Crippen LogP contribution in [0.25, 0.3) is 0 Å². The Kier molecular flexibility index (Phi) is 20.2. The van der Waals surface area contributed by atoms with Crippen LogP contribution >= 0.6 is 17.0 Å². The minimum absolute atomic E-state index is 0. The number of hydrogen-bond acceptors (Lipinski definition) is 0. The summed E-state index contributed by atoms with van der Waals surface area (Å²) in [6, 6.07) is 11.1. The monoisotopic (exact) mass is 406 g/mol. The first kappa shape index (κ1) is 24.5. The molecule has 24 heavy (non-hydrogen) atoms. The summed E-state index contributed by atoms with van der Waals surface area (Å²) < 4.78 is 3.14. The third-order valence-electron chi connectivity index (χ3n) is 4.91. The summed E-state index contributed by atoms with van der Waals surface area (Å²) in [6.45, 7) is 2.30. The van der Waals surface area contributed by atoms with Gasteiger partial charge in [-0.15, -0.1) is 21.5 Å². The Bertz CT molecular complexity index is 339. The molecule has 0 saturated carbocycles. The van der Waals surface area contributed by atoms with Gasteiger partial charge in [0.15, 0.2) is 0 Å². The van der Waals surface area contributed by atoms with Crippen molar-refractivity contribution in [3.63, 3.8) is 0 Å². The summed E-state index contributed by atoms with van der Waals surface area (Å²) in [5, 5.41) is 0. The fourth-order valence-corrected chi connectivity index (χ4v) is 4.96. The molecule has 2 heteroatoms. The van der Waals surface area contributed by atoms with Gasteiger partial charge in [0.25, 0.3) is 0 Å². The third-order valence-corrected chi connectivity index (χ3v) is 6.81. The van der Waals surface area contributed by atoms with Crippen molar-refractivity contribution >= 4 is 41.0 Å². The van der Waals surface area contributed by atoms with Crippen molar-refractivity contribution in [1.29, 1.82) is 0 Å². The van der Waals surface area contributed by atoms with Gasteiger partial charge in [-0.05, 0) is 0 Å². The lowest BCUT2D eigenvalue weighted by molar-refractivity contribution is 0.538. The highest BCUT2D eigenvalue weighted by molar-refractivity contribution is 8.93. The van der Waals surface area contributed by atoms with Crippen LogP contribution in [0.1, 0.15) is 96.8 Å². The molecule has 0 saturated heterocycles. The molecule has 1 rings (SSSR count). The molecular formula is C22H39BrMg. The molecule has 0 spiro atoms. The van der Waals surface area contributed by atoms with Gasteiger partial charge >= 0.3 is 20.4 Å². The molecule has 1 aromatic carbocycles. The third kappa shape index (κ3) is 16.0. The number of hydrogen-bond donors (Lipinski definition) is 0. The largest absolute Gasteiger partial charge is 0.408 e. The Balaban J connectivity index is 0.00000529. The Morgan fingerprint density at radius 1 is 0.583 bits per heavy atom. The molecule has 0 unspecified atom stereocenters. The summed E-state index contributed by atoms with van der Waals surface area (Å²) in [5.74, 6) is 0. The first-order chi connectivity index (χ1) is 11.4. The highest BCUT2D eigenvalue weighted by Crippen LogP contribution is 2.13. The van der Waals surface area contributed by atoms with Gasteiger partial charge in [0.05, 0.1) is 0 Å². The average Bonchev–Trinajstić information content (AvgIpc) is 2.59. The van der Waals surface area contributed by atoms with Crippen molar-refractivity contribution in [2.75, 3.05) is 0 Å². The normalized spacial score (nSPS) is 10.2. The molecule has 0 radical (unpaired) electrons. The van der Waals surface area contributed by atoms with E-state index < -0.39 is 0 Å². The second-order valence-corrected chi connectivity index (χ2v) is 9.21. The van der Waals surface area contributed by atoms with Crippen molar-refractivity contribution in [2.45, 2.75) is 101 Å². The van der Waals surface area contributed by atoms with Crippen LogP contribution in [0, 0.1) is 0 Å². The van der Waals surface area contributed by atoms with Crippen LogP contribution < -0.4 is 3.69 Å². The van der Waals surface area contributed by atoms with E-state index in [0.717, 1.165) is 0 Å². The van der Waals surface area contributed by atoms with E-state index in [1.165, 1.54) is 94.4 Å². The fraction of sp³-hybridized carbons (Fsp3) is 0.727. The van der Waals surface area contributed by atoms with E-state index in [9.17, 15) is 0 Å². The summed E-state index contributed by atoms with van der Waals surface area (Å²) in [5.41, 5.74) is 0. The number of rotatable bonds is 16. The molecule has 0 fully saturated rings. The number of unbranched alkanes of at least 4 members (excludes halogenated alkanes) is 13. The van der Waals surface area contributed by atoms with E-state index in [-0.39, 0.29) is 37.3 Å². The van der Waals surface area contributed by atoms with E-state index in [0.29, 0.717) is 0 Å². The molecule has 136 valence electrons. The second-order valence-electron chi connectivity index (χ2n) is 7.19. The van der Waals surface area contributed by atoms with Crippen LogP contribution in [0.4, 0.5) is 0 Å². The Morgan fingerprint density at radius 2 is 1.00 bits per heavy atom. The maximum absolute atomic E-state index is 2.32. The van der Waals surface area contributed by atoms with Crippen molar-refractivity contribution < 1.29 is 0 Å². The topological polar surface area (TPSA) is 0 Å². The lowest BCUT2D eigenvalue weighted by Gasteiger charge is -2.03. The van der Waals surface area contributed by atoms with E-state index >= 15 is 0 Å². The van der Waals surface area contributed by atoms with Gasteiger partial charge in [-0.2, -0.15) is 3.69 Å². The quantitative estimate of drug-likeness (QED) is 0.197. The van der Waals surface area contributed by atoms with E-state index in [4.69, 9.17) is 0 Å². The smallest absolute Gasteiger partial charge is 0.174 e. The van der Waals surface area contributed by atoms with Crippen molar-refractivity contribution in [3.8, 4) is 0 Å². The molecule has 0 aliphatic heterocycles. The maximum atomic E-state index is 2.32. The van der Waals surface area contributed by atoms with Crippen molar-refractivity contribution in [2.24, 2.45) is 0 Å². The first-order valence-corrected chi connectivity index (χ1v) is 12.2. The fourth-order valence-electron chi connectivity index (χ4n) is 3.35. The number of benzene rings is 1. The lowest BCUT2D eigenvalue weighted by atomic mass is 10.0. The molecule has 0 amide bonds. The predicted molar refractivity (Wildman–Crippen MR) is 117 cm³/mol. The summed E-state index contributed by atoms with van der Waals surface area (Å²) in [6.07, 6.45) is 20.5. The van der Waals surface area contributed by atoms with Crippen LogP contribution in [0.15, 0.2) is 30.3 Å². The summed E-state index contributed by atoms with van der Waals surface area (Å²) >= 11 is 0.0269. The molecule has 0 atom stereocenters. The standard InChI is InChI=1S/C16H33.C6H5.BrH.Mg/c1-3-5-7-9-11-13-15-16-14-12-10-8-6-4-2;1-2-4-6-5-3-1;;/h1,3-16H2,2H3;1-5H;1H;. The SMILES string of the molecule is Br.CCCCCCCCCCCCCCC[CH2][Mg][c]1ccccc1. The molecular weight excluding hydrogens is 368 g/mol. The zero-order valence-electron chi connectivity index (χ0n) is 16.1. The molecule has 0 aliphatic carbocycles. The Morgan fingerprint density at radius 3 is 1.46 bits per heavy atom. The van der Waals surface area contributed by atoms with Gasteiger partial charge in [0, 0.05) is 0 Å². The van der Waals surface area contributed by atoms with Crippen molar-refractivity contribution in [3.05, 3.63) is 30.3 Å². The van der Waals surface area contributed by atoms with E-state index in [1.807, 2.05) is 0 Å². The van der Waals surface area contributed by atoms with Crippen LogP contribution in [-0.4, -0.2) is 20.4 Å². The molecule has 0 nitrogen and oxygen atoms in total. The first-order valence-electron chi connectivity index (χ1n) is 10.5. The van der Waals surface area contributed by atoms with Gasteiger partial charge in [0.2, 0.25) is 0 Å². The molecule has 0 bridgehead atoms. The highest BCUT2D eigenvalue weighted by Gasteiger charge is 1.98. The van der Waals surface area contributed by atoms with Crippen LogP contribution in [-0.2, 0) is 0 Å². The average molecular weight is 408 g/mol. The maximum Gasteiger partial charge on any atom is 0.408 e. The van der Waals surface area contributed by atoms with Gasteiger partial charge in [0.1, 0.15) is 0 Å². The van der Waals surface area contributed by atoms with Gasteiger partial charge < -0.3 is 0 Å². The predicted octanol–water partition coefficient (Wildman–Crippen LogP) is 7.49. The van der Waals surface area contributed by atoms with Crippen LogP contribution in [0.5, 0.6) is 0 Å². The Labute approximate surface area is 172 Å². The summed E-state index contributed by atoms with van der Waals surface area (Å²) in [7, 11) is 0. The Hall–Kier alpha value is 0.466. The minimum Gasteiger partial charge on any atom is -0.174 e. The van der Waals surface area contributed by atoms with Crippen molar-refractivity contribution in [1.82, 2.24) is 0 Å². The molecule has 0 N–H and O–H groups in total. The summed E-state index contributed by atoms with van der Waals surface area (Å²) in [4.78, 5) is 0. The zero-order valence-corrected chi connectivity index (χ0v) is 19.2. The van der Waals surface area contributed by atoms with E-state index in [2.05, 4.69) is 37.3 Å². The minimum atomic E-state index is 0. The van der Waals surface area contributed by atoms with E-state index in [1.54, 1.807) is 3.69 Å². The molecule has 0 heterocycles. The van der Waals surface area contributed by atoms with Gasteiger partial charge in [-0.25, -0.2) is 0 Å². The van der Waals surface area contributed by atoms with Gasteiger partial charge in [-0.1, -0.05) is 127 Å². The van der Waals surface area contributed by atoms with Gasteiger partial charge in [-0.3, -0.25) is 0 Å². The molecule has 0 aromatic heterocycles.